The molecule has 1 amide bonds. The molecule has 0 spiro atoms. The van der Waals surface area contributed by atoms with Crippen molar-refractivity contribution in [2.45, 2.75) is 33.4 Å². The van der Waals surface area contributed by atoms with Crippen molar-refractivity contribution < 1.29 is 14.3 Å². The van der Waals surface area contributed by atoms with Gasteiger partial charge < -0.3 is 14.4 Å². The summed E-state index contributed by atoms with van der Waals surface area (Å²) >= 11 is 1.58. The number of rotatable bonds is 10. The van der Waals surface area contributed by atoms with E-state index in [1.807, 2.05) is 52.7 Å². The zero-order valence-corrected chi connectivity index (χ0v) is 20.9. The summed E-state index contributed by atoms with van der Waals surface area (Å²) in [6.45, 7) is 9.94. The highest BCUT2D eigenvalue weighted by atomic mass is 32.1. The summed E-state index contributed by atoms with van der Waals surface area (Å²) in [6, 6.07) is 16.1. The maximum Gasteiger partial charge on any atom is 0.227 e. The van der Waals surface area contributed by atoms with Crippen LogP contribution in [0.2, 0.25) is 0 Å². The van der Waals surface area contributed by atoms with Gasteiger partial charge in [-0.2, -0.15) is 0 Å². The molecule has 0 unspecified atom stereocenters. The Balaban J connectivity index is 1.38. The molecular weight excluding hydrogens is 446 g/mol. The molecule has 7 heteroatoms. The molecule has 1 aromatic heterocycles. The highest BCUT2D eigenvalue weighted by Gasteiger charge is 2.19. The summed E-state index contributed by atoms with van der Waals surface area (Å²) < 4.78 is 11.4. The molecule has 0 bridgehead atoms. The Morgan fingerprint density at radius 3 is 2.59 bits per heavy atom. The molecule has 1 fully saturated rings. The summed E-state index contributed by atoms with van der Waals surface area (Å²) in [5.74, 6) is 0.986. The predicted molar refractivity (Wildman–Crippen MR) is 135 cm³/mol. The Morgan fingerprint density at radius 1 is 1.12 bits per heavy atom. The lowest BCUT2D eigenvalue weighted by Crippen LogP contribution is -2.43. The van der Waals surface area contributed by atoms with Gasteiger partial charge in [0.05, 0.1) is 31.9 Å². The van der Waals surface area contributed by atoms with E-state index in [4.69, 9.17) is 14.5 Å². The first-order valence-electron chi connectivity index (χ1n) is 11.8. The molecule has 0 N–H and O–H groups in total. The van der Waals surface area contributed by atoms with Crippen LogP contribution in [-0.4, -0.2) is 60.1 Å². The second-order valence-corrected chi connectivity index (χ2v) is 9.72. The Morgan fingerprint density at radius 2 is 1.85 bits per heavy atom. The van der Waals surface area contributed by atoms with Gasteiger partial charge in [0.25, 0.3) is 0 Å². The van der Waals surface area contributed by atoms with Gasteiger partial charge in [0, 0.05) is 31.6 Å². The summed E-state index contributed by atoms with van der Waals surface area (Å²) in [4.78, 5) is 22.3. The van der Waals surface area contributed by atoms with Gasteiger partial charge in [-0.05, 0) is 42.7 Å². The van der Waals surface area contributed by atoms with E-state index < -0.39 is 0 Å². The number of hydrogen-bond acceptors (Lipinski definition) is 6. The number of ether oxygens (including phenoxy) is 2. The van der Waals surface area contributed by atoms with Crippen LogP contribution in [0.3, 0.4) is 0 Å². The van der Waals surface area contributed by atoms with Crippen molar-refractivity contribution in [1.82, 2.24) is 14.8 Å². The number of aryl methyl sites for hydroxylation is 2. The fraction of sp³-hybridized carbons (Fsp3) is 0.407. The third-order valence-corrected chi connectivity index (χ3v) is 6.72. The average molecular weight is 480 g/mol. The zero-order chi connectivity index (χ0) is 23.8. The van der Waals surface area contributed by atoms with E-state index >= 15 is 0 Å². The van der Waals surface area contributed by atoms with E-state index in [1.165, 1.54) is 11.1 Å². The number of hydrogen-bond donors (Lipinski definition) is 0. The van der Waals surface area contributed by atoms with Crippen LogP contribution in [0.5, 0.6) is 5.75 Å². The third kappa shape index (κ3) is 7.38. The molecular formula is C27H33N3O3S. The maximum atomic E-state index is 13.2. The number of amides is 1. The molecule has 1 aliphatic rings. The molecule has 2 aromatic carbocycles. The first kappa shape index (κ1) is 24.4. The Hall–Kier alpha value is -2.74. The minimum atomic E-state index is 0.125. The number of benzene rings is 2. The summed E-state index contributed by atoms with van der Waals surface area (Å²) in [5, 5.41) is 2.95. The smallest absolute Gasteiger partial charge is 0.227 e. The average Bonchev–Trinajstić information content (AvgIpc) is 3.28. The van der Waals surface area contributed by atoms with Crippen molar-refractivity contribution in [2.24, 2.45) is 0 Å². The minimum Gasteiger partial charge on any atom is -0.486 e. The highest BCUT2D eigenvalue weighted by Crippen LogP contribution is 2.20. The molecule has 180 valence electrons. The molecule has 0 atom stereocenters. The largest absolute Gasteiger partial charge is 0.486 e. The van der Waals surface area contributed by atoms with E-state index in [0.29, 0.717) is 26.1 Å². The molecule has 34 heavy (non-hydrogen) atoms. The molecule has 2 heterocycles. The Bertz CT molecular complexity index is 1040. The number of morpholine rings is 1. The van der Waals surface area contributed by atoms with E-state index in [1.54, 1.807) is 11.3 Å². The van der Waals surface area contributed by atoms with Crippen molar-refractivity contribution in [3.8, 4) is 5.75 Å². The fourth-order valence-electron chi connectivity index (χ4n) is 4.11. The van der Waals surface area contributed by atoms with Crippen molar-refractivity contribution in [2.75, 3.05) is 39.4 Å². The summed E-state index contributed by atoms with van der Waals surface area (Å²) in [5.41, 5.74) is 4.31. The minimum absolute atomic E-state index is 0.125. The van der Waals surface area contributed by atoms with E-state index in [9.17, 15) is 4.79 Å². The third-order valence-electron chi connectivity index (χ3n) is 5.85. The molecule has 0 radical (unpaired) electrons. The zero-order valence-electron chi connectivity index (χ0n) is 20.0. The SMILES string of the molecule is Cc1cc(C)cc(OCc2nc(CN(CCN3CCOCC3)C(=O)Cc3ccccc3)cs2)c1. The molecule has 1 aliphatic heterocycles. The fourth-order valence-corrected chi connectivity index (χ4v) is 4.80. The maximum absolute atomic E-state index is 13.2. The van der Waals surface area contributed by atoms with Crippen LogP contribution >= 0.6 is 11.3 Å². The number of nitrogens with zero attached hydrogens (tertiary/aromatic N) is 3. The Labute approximate surface area is 206 Å². The molecule has 6 nitrogen and oxygen atoms in total. The highest BCUT2D eigenvalue weighted by molar-refractivity contribution is 7.09. The van der Waals surface area contributed by atoms with Gasteiger partial charge in [-0.25, -0.2) is 4.98 Å². The number of carbonyl (C=O) groups excluding carboxylic acids is 1. The number of carbonyl (C=O) groups is 1. The van der Waals surface area contributed by atoms with Crippen molar-refractivity contribution in [3.05, 3.63) is 81.3 Å². The standard InChI is InChI=1S/C27H33N3O3S/c1-21-14-22(2)16-25(15-21)33-19-26-28-24(20-34-26)18-30(9-8-29-10-12-32-13-11-29)27(31)17-23-6-4-3-5-7-23/h3-7,14-16,20H,8-13,17-19H2,1-2H3. The lowest BCUT2D eigenvalue weighted by atomic mass is 10.1. The van der Waals surface area contributed by atoms with Crippen LogP contribution in [-0.2, 0) is 29.1 Å². The van der Waals surface area contributed by atoms with E-state index in [-0.39, 0.29) is 5.91 Å². The normalized spacial score (nSPS) is 14.2. The van der Waals surface area contributed by atoms with E-state index in [2.05, 4.69) is 24.8 Å². The quantitative estimate of drug-likeness (QED) is 0.435. The monoisotopic (exact) mass is 479 g/mol. The van der Waals surface area contributed by atoms with Crippen LogP contribution in [0.15, 0.2) is 53.9 Å². The number of thiazole rings is 1. The Kier molecular flexibility index (Phi) is 8.68. The number of aromatic nitrogens is 1. The van der Waals surface area contributed by atoms with Crippen molar-refractivity contribution >= 4 is 17.2 Å². The van der Waals surface area contributed by atoms with Gasteiger partial charge in [-0.3, -0.25) is 9.69 Å². The van der Waals surface area contributed by atoms with Crippen LogP contribution in [0.4, 0.5) is 0 Å². The molecule has 4 rings (SSSR count). The lowest BCUT2D eigenvalue weighted by Gasteiger charge is -2.30. The first-order chi connectivity index (χ1) is 16.5. The predicted octanol–water partition coefficient (Wildman–Crippen LogP) is 4.24. The molecule has 1 saturated heterocycles. The second kappa shape index (κ2) is 12.1. The van der Waals surface area contributed by atoms with Gasteiger partial charge in [0.1, 0.15) is 17.4 Å². The van der Waals surface area contributed by atoms with E-state index in [0.717, 1.165) is 54.9 Å². The molecule has 3 aromatic rings. The topological polar surface area (TPSA) is 54.9 Å². The van der Waals surface area contributed by atoms with Gasteiger partial charge in [-0.15, -0.1) is 11.3 Å². The molecule has 0 aliphatic carbocycles. The van der Waals surface area contributed by atoms with Crippen molar-refractivity contribution in [1.29, 1.82) is 0 Å². The van der Waals surface area contributed by atoms with Gasteiger partial charge in [0.2, 0.25) is 5.91 Å². The second-order valence-electron chi connectivity index (χ2n) is 8.78. The van der Waals surface area contributed by atoms with Gasteiger partial charge >= 0.3 is 0 Å². The van der Waals surface area contributed by atoms with Gasteiger partial charge in [-0.1, -0.05) is 36.4 Å². The first-order valence-corrected chi connectivity index (χ1v) is 12.7. The summed E-state index contributed by atoms with van der Waals surface area (Å²) in [6.07, 6.45) is 0.400. The summed E-state index contributed by atoms with van der Waals surface area (Å²) in [7, 11) is 0. The molecule has 0 saturated carbocycles. The van der Waals surface area contributed by atoms with Crippen LogP contribution in [0.25, 0.3) is 0 Å². The van der Waals surface area contributed by atoms with Gasteiger partial charge in [0.15, 0.2) is 0 Å². The van der Waals surface area contributed by atoms with Crippen LogP contribution in [0, 0.1) is 13.8 Å². The van der Waals surface area contributed by atoms with Crippen LogP contribution < -0.4 is 4.74 Å². The van der Waals surface area contributed by atoms with Crippen molar-refractivity contribution in [3.63, 3.8) is 0 Å². The van der Waals surface area contributed by atoms with Crippen LogP contribution in [0.1, 0.15) is 27.4 Å². The lowest BCUT2D eigenvalue weighted by molar-refractivity contribution is -0.131.